The molecule has 4 atom stereocenters. The molecular weight excluding hydrogens is 218 g/mol. The smallest absolute Gasteiger partial charge is 0.0668 e. The van der Waals surface area contributed by atoms with Crippen molar-refractivity contribution in [1.82, 2.24) is 0 Å². The lowest BCUT2D eigenvalue weighted by Crippen LogP contribution is -2.35. The molecule has 0 heterocycles. The van der Waals surface area contributed by atoms with E-state index < -0.39 is 10.8 Å². The highest BCUT2D eigenvalue weighted by atomic mass is 32.2. The van der Waals surface area contributed by atoms with E-state index in [-0.39, 0.29) is 16.4 Å². The molecule has 16 heavy (non-hydrogen) atoms. The lowest BCUT2D eigenvalue weighted by molar-refractivity contribution is 0.303. The van der Waals surface area contributed by atoms with E-state index in [2.05, 4.69) is 13.0 Å². The van der Waals surface area contributed by atoms with Gasteiger partial charge in [0.2, 0.25) is 0 Å². The number of nitrogens with zero attached hydrogens (tertiary/aromatic N) is 1. The van der Waals surface area contributed by atoms with Gasteiger partial charge in [0.15, 0.2) is 0 Å². The monoisotopic (exact) mass is 241 g/mol. The molecule has 92 valence electrons. The Kier molecular flexibility index (Phi) is 5.48. The maximum absolute atomic E-state index is 12.2. The topological polar surface area (TPSA) is 40.9 Å². The van der Waals surface area contributed by atoms with Crippen LogP contribution in [0.3, 0.4) is 0 Å². The van der Waals surface area contributed by atoms with Gasteiger partial charge in [-0.1, -0.05) is 33.6 Å². The third-order valence-electron chi connectivity index (χ3n) is 3.53. The van der Waals surface area contributed by atoms with Gasteiger partial charge in [-0.25, -0.2) is 0 Å². The van der Waals surface area contributed by atoms with Crippen LogP contribution in [0.15, 0.2) is 0 Å². The van der Waals surface area contributed by atoms with Crippen molar-refractivity contribution in [3.63, 3.8) is 0 Å². The molecule has 2 nitrogen and oxygen atoms in total. The number of nitriles is 1. The van der Waals surface area contributed by atoms with Crippen molar-refractivity contribution in [2.75, 3.05) is 0 Å². The zero-order valence-corrected chi connectivity index (χ0v) is 11.4. The molecule has 0 aromatic rings. The molecule has 1 aliphatic rings. The molecule has 4 unspecified atom stereocenters. The summed E-state index contributed by atoms with van der Waals surface area (Å²) in [5.74, 6) is 0.721. The quantitative estimate of drug-likeness (QED) is 0.758. The van der Waals surface area contributed by atoms with Crippen LogP contribution in [0.4, 0.5) is 0 Å². The fourth-order valence-electron chi connectivity index (χ4n) is 2.64. The third kappa shape index (κ3) is 3.31. The fourth-order valence-corrected chi connectivity index (χ4v) is 4.32. The Morgan fingerprint density at radius 3 is 2.62 bits per heavy atom. The molecule has 0 saturated heterocycles. The molecule has 3 heteroatoms. The van der Waals surface area contributed by atoms with Crippen LogP contribution < -0.4 is 0 Å². The molecular formula is C13H23NOS. The SMILES string of the molecule is CCCC1CCC(C#N)C(S(=O)C(C)C)C1. The minimum Gasteiger partial charge on any atom is -0.259 e. The molecule has 0 N–H and O–H groups in total. The van der Waals surface area contributed by atoms with Gasteiger partial charge in [-0.05, 0) is 25.2 Å². The van der Waals surface area contributed by atoms with E-state index >= 15 is 0 Å². The highest BCUT2D eigenvalue weighted by Gasteiger charge is 2.34. The molecule has 0 aromatic carbocycles. The van der Waals surface area contributed by atoms with E-state index in [9.17, 15) is 4.21 Å². The van der Waals surface area contributed by atoms with Crippen LogP contribution in [-0.4, -0.2) is 14.7 Å². The van der Waals surface area contributed by atoms with Crippen molar-refractivity contribution in [1.29, 1.82) is 5.26 Å². The summed E-state index contributed by atoms with van der Waals surface area (Å²) in [4.78, 5) is 0. The summed E-state index contributed by atoms with van der Waals surface area (Å²) < 4.78 is 12.2. The summed E-state index contributed by atoms with van der Waals surface area (Å²) in [7, 11) is -0.835. The van der Waals surface area contributed by atoms with Crippen molar-refractivity contribution in [3.8, 4) is 6.07 Å². The first-order valence-electron chi connectivity index (χ1n) is 6.39. The fraction of sp³-hybridized carbons (Fsp3) is 0.923. The van der Waals surface area contributed by atoms with Crippen LogP contribution in [0.1, 0.15) is 52.9 Å². The standard InChI is InChI=1S/C13H23NOS/c1-4-5-11-6-7-12(9-14)13(8-11)16(15)10(2)3/h10-13H,4-8H2,1-3H3. The van der Waals surface area contributed by atoms with Gasteiger partial charge < -0.3 is 0 Å². The van der Waals surface area contributed by atoms with Gasteiger partial charge in [0.05, 0.1) is 17.2 Å². The predicted octanol–water partition coefficient (Wildman–Crippen LogP) is 3.25. The summed E-state index contributed by atoms with van der Waals surface area (Å²) in [6.07, 6.45) is 5.52. The number of rotatable bonds is 4. The van der Waals surface area contributed by atoms with Crippen LogP contribution in [0.2, 0.25) is 0 Å². The molecule has 0 bridgehead atoms. The van der Waals surface area contributed by atoms with Crippen LogP contribution in [0, 0.1) is 23.2 Å². The second kappa shape index (κ2) is 6.39. The lowest BCUT2D eigenvalue weighted by atomic mass is 9.80. The second-order valence-electron chi connectivity index (χ2n) is 5.12. The van der Waals surface area contributed by atoms with Gasteiger partial charge in [0, 0.05) is 16.0 Å². The minimum absolute atomic E-state index is 0.0244. The summed E-state index contributed by atoms with van der Waals surface area (Å²) >= 11 is 0. The van der Waals surface area contributed by atoms with Crippen molar-refractivity contribution in [2.24, 2.45) is 11.8 Å². The minimum atomic E-state index is -0.835. The van der Waals surface area contributed by atoms with Gasteiger partial charge in [0.25, 0.3) is 0 Å². The van der Waals surface area contributed by atoms with Crippen molar-refractivity contribution in [2.45, 2.75) is 63.4 Å². The van der Waals surface area contributed by atoms with Gasteiger partial charge >= 0.3 is 0 Å². The van der Waals surface area contributed by atoms with Crippen LogP contribution in [0.25, 0.3) is 0 Å². The molecule has 0 aromatic heterocycles. The molecule has 1 aliphatic carbocycles. The van der Waals surface area contributed by atoms with Gasteiger partial charge in [-0.15, -0.1) is 0 Å². The maximum Gasteiger partial charge on any atom is 0.0668 e. The Morgan fingerprint density at radius 1 is 1.44 bits per heavy atom. The van der Waals surface area contributed by atoms with Crippen LogP contribution in [0.5, 0.6) is 0 Å². The first-order valence-corrected chi connectivity index (χ1v) is 7.66. The zero-order chi connectivity index (χ0) is 12.1. The number of hydrogen-bond acceptors (Lipinski definition) is 2. The Balaban J connectivity index is 2.68. The predicted molar refractivity (Wildman–Crippen MR) is 68.4 cm³/mol. The van der Waals surface area contributed by atoms with E-state index in [0.29, 0.717) is 5.92 Å². The highest BCUT2D eigenvalue weighted by molar-refractivity contribution is 7.86. The van der Waals surface area contributed by atoms with Crippen LogP contribution in [-0.2, 0) is 10.8 Å². The van der Waals surface area contributed by atoms with E-state index in [1.807, 2.05) is 13.8 Å². The first kappa shape index (κ1) is 13.7. The molecule has 0 aliphatic heterocycles. The summed E-state index contributed by atoms with van der Waals surface area (Å²) in [5.41, 5.74) is 0. The Morgan fingerprint density at radius 2 is 2.12 bits per heavy atom. The summed E-state index contributed by atoms with van der Waals surface area (Å²) in [5, 5.41) is 9.43. The molecule has 0 spiro atoms. The lowest BCUT2D eigenvalue weighted by Gasteiger charge is -2.33. The van der Waals surface area contributed by atoms with E-state index in [0.717, 1.165) is 19.3 Å². The van der Waals surface area contributed by atoms with Crippen LogP contribution >= 0.6 is 0 Å². The Hall–Kier alpha value is -0.360. The molecule has 1 fully saturated rings. The number of hydrogen-bond donors (Lipinski definition) is 0. The molecule has 0 amide bonds. The van der Waals surface area contributed by atoms with E-state index in [1.165, 1.54) is 12.8 Å². The zero-order valence-electron chi connectivity index (χ0n) is 10.6. The summed E-state index contributed by atoms with van der Waals surface area (Å²) in [6, 6.07) is 2.36. The van der Waals surface area contributed by atoms with Gasteiger partial charge in [0.1, 0.15) is 0 Å². The summed E-state index contributed by atoms with van der Waals surface area (Å²) in [6.45, 7) is 6.19. The third-order valence-corrected chi connectivity index (χ3v) is 5.57. The van der Waals surface area contributed by atoms with Crippen molar-refractivity contribution < 1.29 is 4.21 Å². The Bertz CT molecular complexity index is 282. The molecule has 1 saturated carbocycles. The Labute approximate surface area is 102 Å². The largest absolute Gasteiger partial charge is 0.259 e. The van der Waals surface area contributed by atoms with Gasteiger partial charge in [-0.3, -0.25) is 4.21 Å². The average Bonchev–Trinajstić information content (AvgIpc) is 2.28. The van der Waals surface area contributed by atoms with E-state index in [4.69, 9.17) is 5.26 Å². The van der Waals surface area contributed by atoms with Crippen molar-refractivity contribution >= 4 is 10.8 Å². The molecule has 0 radical (unpaired) electrons. The average molecular weight is 241 g/mol. The second-order valence-corrected chi connectivity index (χ2v) is 7.32. The van der Waals surface area contributed by atoms with Crippen molar-refractivity contribution in [3.05, 3.63) is 0 Å². The maximum atomic E-state index is 12.2. The first-order chi connectivity index (χ1) is 7.60. The molecule has 1 rings (SSSR count). The van der Waals surface area contributed by atoms with Gasteiger partial charge in [-0.2, -0.15) is 5.26 Å². The normalized spacial score (nSPS) is 32.3. The van der Waals surface area contributed by atoms with E-state index in [1.54, 1.807) is 0 Å². The highest BCUT2D eigenvalue weighted by Crippen LogP contribution is 2.35.